The second kappa shape index (κ2) is 16.3. The Morgan fingerprint density at radius 2 is 1.38 bits per heavy atom. The molecule has 0 aliphatic carbocycles. The van der Waals surface area contributed by atoms with Gasteiger partial charge in [0.2, 0.25) is 0 Å². The zero-order valence-electron chi connectivity index (χ0n) is 25.4. The van der Waals surface area contributed by atoms with Crippen LogP contribution in [0.1, 0.15) is 26.3 Å². The Balaban J connectivity index is 0.000000254. The summed E-state index contributed by atoms with van der Waals surface area (Å²) in [5.74, 6) is 0. The average molecular weight is 832 g/mol. The van der Waals surface area contributed by atoms with Crippen molar-refractivity contribution in [3.05, 3.63) is 152 Å². The van der Waals surface area contributed by atoms with Crippen molar-refractivity contribution in [2.75, 3.05) is 0 Å². The molecule has 0 aliphatic rings. The van der Waals surface area contributed by atoms with Crippen LogP contribution in [0.25, 0.3) is 55.3 Å². The molecule has 0 N–H and O–H groups in total. The number of nitrogens with zero attached hydrogens (tertiary/aromatic N) is 3. The smallest absolute Gasteiger partial charge is 0.0163 e. The fraction of sp³-hybridized carbons (Fsp3) is 0.103. The zero-order valence-corrected chi connectivity index (χ0v) is 30.6. The Bertz CT molecular complexity index is 1980. The van der Waals surface area contributed by atoms with E-state index in [4.69, 9.17) is 0 Å². The van der Waals surface area contributed by atoms with Gasteiger partial charge in [-0.1, -0.05) is 80.4 Å². The predicted molar refractivity (Wildman–Crippen MR) is 177 cm³/mol. The Morgan fingerprint density at radius 3 is 2.13 bits per heavy atom. The predicted octanol–water partition coefficient (Wildman–Crippen LogP) is 8.98. The van der Waals surface area contributed by atoms with Crippen molar-refractivity contribution in [1.29, 1.82) is 0 Å². The summed E-state index contributed by atoms with van der Waals surface area (Å²) in [6.07, 6.45) is 6.83. The van der Waals surface area contributed by atoms with Gasteiger partial charge in [-0.05, 0) is 51.3 Å². The molecule has 7 aromatic rings. The van der Waals surface area contributed by atoms with E-state index in [9.17, 15) is 0 Å². The van der Waals surface area contributed by atoms with Crippen LogP contribution in [0.4, 0.5) is 0 Å². The molecule has 0 unspecified atom stereocenters. The van der Waals surface area contributed by atoms with Crippen molar-refractivity contribution in [2.45, 2.75) is 26.2 Å². The molecule has 5 radical (unpaired) electrons. The first-order chi connectivity index (χ1) is 20.5. The van der Waals surface area contributed by atoms with E-state index in [0.29, 0.717) is 0 Å². The van der Waals surface area contributed by atoms with Crippen LogP contribution in [0.2, 0.25) is 0 Å². The number of hydrogen-bond acceptors (Lipinski definition) is 3. The van der Waals surface area contributed by atoms with Gasteiger partial charge in [-0.15, -0.1) is 48.0 Å². The van der Waals surface area contributed by atoms with Crippen molar-refractivity contribution in [2.24, 2.45) is 0 Å². The molecular weight excluding hydrogens is 802 g/mol. The van der Waals surface area contributed by atoms with E-state index in [-0.39, 0.29) is 66.6 Å². The summed E-state index contributed by atoms with van der Waals surface area (Å²) in [4.78, 5) is 13.4. The summed E-state index contributed by atoms with van der Waals surface area (Å²) in [5, 5.41) is 3.43. The van der Waals surface area contributed by atoms with E-state index < -0.39 is 0 Å². The van der Waals surface area contributed by atoms with Gasteiger partial charge in [0.15, 0.2) is 0 Å². The van der Waals surface area contributed by atoms with Gasteiger partial charge in [0, 0.05) is 73.6 Å². The van der Waals surface area contributed by atoms with Crippen molar-refractivity contribution in [1.82, 2.24) is 15.0 Å². The Morgan fingerprint density at radius 1 is 0.622 bits per heavy atom. The minimum absolute atomic E-state index is 0. The average Bonchev–Trinajstić information content (AvgIpc) is 3.05. The summed E-state index contributed by atoms with van der Waals surface area (Å²) in [7, 11) is 0. The first kappa shape index (κ1) is 36.1. The molecule has 0 bridgehead atoms. The molecule has 0 atom stereocenters. The van der Waals surface area contributed by atoms with E-state index in [1.165, 1.54) is 10.9 Å². The monoisotopic (exact) mass is 832 g/mol. The van der Waals surface area contributed by atoms with Crippen LogP contribution in [-0.2, 0) is 58.2 Å². The van der Waals surface area contributed by atoms with Crippen LogP contribution in [0.3, 0.4) is 0 Å². The van der Waals surface area contributed by atoms with Crippen LogP contribution < -0.4 is 0 Å². The number of benzene rings is 4. The number of rotatable bonds is 3. The molecule has 0 saturated carbocycles. The molecule has 7 rings (SSSR count). The Kier molecular flexibility index (Phi) is 13.1. The molecule has 0 spiro atoms. The maximum atomic E-state index is 4.62. The van der Waals surface area contributed by atoms with E-state index in [1.807, 2.05) is 72.9 Å². The van der Waals surface area contributed by atoms with Crippen molar-refractivity contribution in [3.63, 3.8) is 0 Å². The first-order valence-electron chi connectivity index (χ1n) is 14.0. The third-order valence-corrected chi connectivity index (χ3v) is 7.08. The molecule has 3 aromatic heterocycles. The number of hydrogen-bond donors (Lipinski definition) is 0. The molecule has 6 heteroatoms. The van der Waals surface area contributed by atoms with Gasteiger partial charge in [0.05, 0.1) is 0 Å². The Hall–Kier alpha value is -3.33. The van der Waals surface area contributed by atoms with Gasteiger partial charge >= 0.3 is 0 Å². The molecule has 3 heterocycles. The van der Waals surface area contributed by atoms with E-state index in [1.54, 1.807) is 6.20 Å². The molecule has 0 saturated heterocycles. The largest absolute Gasteiger partial charge is 0.352 e. The quantitative estimate of drug-likeness (QED) is 0.102. The van der Waals surface area contributed by atoms with Crippen molar-refractivity contribution >= 4 is 30.1 Å². The molecule has 0 fully saturated rings. The minimum atomic E-state index is 0. The third kappa shape index (κ3) is 8.69. The zero-order chi connectivity index (χ0) is 28.9. The molecule has 0 amide bonds. The number of fused-ring (bicyclic) bond motifs is 3. The second-order valence-corrected chi connectivity index (χ2v) is 11.1. The van der Waals surface area contributed by atoms with Crippen molar-refractivity contribution < 1.29 is 52.8 Å². The van der Waals surface area contributed by atoms with Gasteiger partial charge in [-0.25, -0.2) is 6.07 Å². The fourth-order valence-corrected chi connectivity index (χ4v) is 4.78. The minimum Gasteiger partial charge on any atom is -0.352 e. The summed E-state index contributed by atoms with van der Waals surface area (Å²) in [5.41, 5.74) is 8.03. The first-order valence-corrected chi connectivity index (χ1v) is 14.0. The number of aromatic nitrogens is 3. The SMILES string of the molecule is CC(C)(C)c1ccnc(-c2[c-]cccc2)c1.[B].[Ir].[Y].[c-]1ccc(-c2[c-]nc3c(ccc4ccccc43)c2)[c-]c1-c1ccccn1. The molecule has 3 nitrogen and oxygen atoms in total. The van der Waals surface area contributed by atoms with E-state index >= 15 is 0 Å². The molecule has 45 heavy (non-hydrogen) atoms. The maximum absolute atomic E-state index is 4.62. The fourth-order valence-electron chi connectivity index (χ4n) is 4.78. The van der Waals surface area contributed by atoms with Gasteiger partial charge < -0.3 is 21.0 Å². The molecular formula is C39H29BIrN3Y-4. The van der Waals surface area contributed by atoms with Crippen LogP contribution in [-0.4, -0.2) is 23.4 Å². The standard InChI is InChI=1S/C24H13N2.C15H16N.B.Ir.Y/c1-2-9-22-17(6-1)11-12-20-15-21(16-26-24(20)22)18-7-5-8-19(14-18)23-10-3-4-13-25-23;1-15(2,3)13-9-10-16-14(11-13)12-7-5-4-6-8-12;;;/h1-7,9-13,15H;4-7,9-11H,1-3H3;;;/q-3;-1;;;. The van der Waals surface area contributed by atoms with Crippen molar-refractivity contribution in [3.8, 4) is 33.6 Å². The molecule has 0 aliphatic heterocycles. The van der Waals surface area contributed by atoms with Gasteiger partial charge in [-0.3, -0.25) is 23.3 Å². The van der Waals surface area contributed by atoms with E-state index in [0.717, 1.165) is 49.9 Å². The maximum Gasteiger partial charge on any atom is 0.0163 e. The van der Waals surface area contributed by atoms with Crippen LogP contribution in [0, 0.1) is 24.4 Å². The van der Waals surface area contributed by atoms with E-state index in [2.05, 4.69) is 103 Å². The van der Waals surface area contributed by atoms with Crippen LogP contribution in [0.15, 0.2) is 122 Å². The number of pyridine rings is 3. The molecule has 4 aromatic carbocycles. The van der Waals surface area contributed by atoms with Gasteiger partial charge in [0.1, 0.15) is 0 Å². The van der Waals surface area contributed by atoms with Gasteiger partial charge in [0.25, 0.3) is 0 Å². The van der Waals surface area contributed by atoms with Crippen LogP contribution in [0.5, 0.6) is 0 Å². The van der Waals surface area contributed by atoms with Gasteiger partial charge in [-0.2, -0.15) is 5.56 Å². The summed E-state index contributed by atoms with van der Waals surface area (Å²) in [6, 6.07) is 46.3. The summed E-state index contributed by atoms with van der Waals surface area (Å²) >= 11 is 0. The Labute approximate surface area is 306 Å². The molecule has 219 valence electrons. The normalized spacial score (nSPS) is 10.5. The van der Waals surface area contributed by atoms with Crippen LogP contribution >= 0.6 is 0 Å². The second-order valence-electron chi connectivity index (χ2n) is 11.1. The summed E-state index contributed by atoms with van der Waals surface area (Å²) in [6.45, 7) is 6.63. The third-order valence-electron chi connectivity index (χ3n) is 7.08. The topological polar surface area (TPSA) is 38.7 Å². The summed E-state index contributed by atoms with van der Waals surface area (Å²) < 4.78 is 0.